The van der Waals surface area contributed by atoms with Gasteiger partial charge in [0.2, 0.25) is 0 Å². The third kappa shape index (κ3) is 4.50. The lowest BCUT2D eigenvalue weighted by molar-refractivity contribution is 0.0660. The number of nitrogens with zero attached hydrogens (tertiary/aromatic N) is 1. The number of rotatable bonds is 3. The third-order valence-corrected chi connectivity index (χ3v) is 5.60. The summed E-state index contributed by atoms with van der Waals surface area (Å²) in [5.74, 6) is 0.245. The third-order valence-electron chi connectivity index (χ3n) is 5.60. The standard InChI is InChI=1S/C20H30N2O2/c23-19(16-8-4-3-5-9-16)17-12-14-22(15-13-17)20(24)21-18-10-6-1-2-7-11-18/h3-5,8-9,17-19,23H,1-2,6-7,10-15H2,(H,21,24). The van der Waals surface area contributed by atoms with Crippen LogP contribution >= 0.6 is 0 Å². The van der Waals surface area contributed by atoms with E-state index in [1.807, 2.05) is 35.2 Å². The Morgan fingerprint density at radius 1 is 1.00 bits per heavy atom. The first kappa shape index (κ1) is 17.3. The molecule has 1 unspecified atom stereocenters. The molecule has 1 heterocycles. The summed E-state index contributed by atoms with van der Waals surface area (Å²) in [5.41, 5.74) is 0.985. The lowest BCUT2D eigenvalue weighted by atomic mass is 9.87. The largest absolute Gasteiger partial charge is 0.388 e. The minimum Gasteiger partial charge on any atom is -0.388 e. The zero-order valence-corrected chi connectivity index (χ0v) is 14.5. The number of piperidine rings is 1. The van der Waals surface area contributed by atoms with Crippen LogP contribution in [0.2, 0.25) is 0 Å². The summed E-state index contributed by atoms with van der Waals surface area (Å²) in [6.45, 7) is 1.49. The smallest absolute Gasteiger partial charge is 0.317 e. The van der Waals surface area contributed by atoms with Gasteiger partial charge in [0.15, 0.2) is 0 Å². The average molecular weight is 330 g/mol. The highest BCUT2D eigenvalue weighted by Gasteiger charge is 2.29. The van der Waals surface area contributed by atoms with Crippen LogP contribution in [0.4, 0.5) is 4.79 Å². The summed E-state index contributed by atoms with van der Waals surface area (Å²) in [6, 6.07) is 10.3. The van der Waals surface area contributed by atoms with Gasteiger partial charge in [-0.15, -0.1) is 0 Å². The van der Waals surface area contributed by atoms with E-state index < -0.39 is 6.10 Å². The molecule has 132 valence electrons. The van der Waals surface area contributed by atoms with Crippen LogP contribution in [-0.2, 0) is 0 Å². The zero-order chi connectivity index (χ0) is 16.8. The second kappa shape index (κ2) is 8.52. The first-order valence-electron chi connectivity index (χ1n) is 9.52. The highest BCUT2D eigenvalue weighted by Crippen LogP contribution is 2.30. The van der Waals surface area contributed by atoms with Crippen molar-refractivity contribution in [2.75, 3.05) is 13.1 Å². The van der Waals surface area contributed by atoms with Gasteiger partial charge in [-0.25, -0.2) is 4.79 Å². The van der Waals surface area contributed by atoms with Crippen LogP contribution in [0.25, 0.3) is 0 Å². The summed E-state index contributed by atoms with van der Waals surface area (Å²) < 4.78 is 0. The van der Waals surface area contributed by atoms with Gasteiger partial charge in [0.1, 0.15) is 0 Å². The number of hydrogen-bond donors (Lipinski definition) is 2. The predicted octanol–water partition coefficient (Wildman–Crippen LogP) is 3.86. The lowest BCUT2D eigenvalue weighted by Gasteiger charge is -2.35. The molecule has 2 amide bonds. The molecule has 24 heavy (non-hydrogen) atoms. The first-order valence-corrected chi connectivity index (χ1v) is 9.52. The van der Waals surface area contributed by atoms with Gasteiger partial charge in [0.25, 0.3) is 0 Å². The van der Waals surface area contributed by atoms with Crippen molar-refractivity contribution in [3.05, 3.63) is 35.9 Å². The molecular weight excluding hydrogens is 300 g/mol. The van der Waals surface area contributed by atoms with Gasteiger partial charge in [0.05, 0.1) is 6.10 Å². The van der Waals surface area contributed by atoms with Crippen molar-refractivity contribution < 1.29 is 9.90 Å². The van der Waals surface area contributed by atoms with Crippen LogP contribution in [0.1, 0.15) is 63.0 Å². The normalized spacial score (nSPS) is 22.0. The van der Waals surface area contributed by atoms with Crippen molar-refractivity contribution in [3.63, 3.8) is 0 Å². The van der Waals surface area contributed by atoms with Crippen molar-refractivity contribution >= 4 is 6.03 Å². The summed E-state index contributed by atoms with van der Waals surface area (Å²) >= 11 is 0. The molecule has 0 aromatic heterocycles. The zero-order valence-electron chi connectivity index (χ0n) is 14.5. The predicted molar refractivity (Wildman–Crippen MR) is 95.7 cm³/mol. The number of carbonyl (C=O) groups excluding carboxylic acids is 1. The number of likely N-dealkylation sites (tertiary alicyclic amines) is 1. The molecule has 2 N–H and O–H groups in total. The van der Waals surface area contributed by atoms with Crippen molar-refractivity contribution in [2.45, 2.75) is 63.5 Å². The Hall–Kier alpha value is -1.55. The quantitative estimate of drug-likeness (QED) is 0.827. The molecule has 4 nitrogen and oxygen atoms in total. The molecule has 1 saturated carbocycles. The van der Waals surface area contributed by atoms with Gasteiger partial charge >= 0.3 is 6.03 Å². The number of benzene rings is 1. The number of urea groups is 1. The van der Waals surface area contributed by atoms with Crippen molar-refractivity contribution in [1.82, 2.24) is 10.2 Å². The molecule has 1 aliphatic heterocycles. The number of aliphatic hydroxyl groups is 1. The fourth-order valence-corrected chi connectivity index (χ4v) is 4.03. The molecule has 1 saturated heterocycles. The molecule has 0 spiro atoms. The molecule has 0 radical (unpaired) electrons. The van der Waals surface area contributed by atoms with E-state index in [9.17, 15) is 9.90 Å². The summed E-state index contributed by atoms with van der Waals surface area (Å²) in [7, 11) is 0. The summed E-state index contributed by atoms with van der Waals surface area (Å²) in [6.07, 6.45) is 8.63. The molecular formula is C20H30N2O2. The van der Waals surface area contributed by atoms with Crippen LogP contribution < -0.4 is 5.32 Å². The molecule has 0 bridgehead atoms. The Morgan fingerprint density at radius 3 is 2.25 bits per heavy atom. The molecule has 1 aromatic rings. The first-order chi connectivity index (χ1) is 11.7. The maximum atomic E-state index is 12.5. The van der Waals surface area contributed by atoms with Crippen molar-refractivity contribution in [1.29, 1.82) is 0 Å². The van der Waals surface area contributed by atoms with Crippen LogP contribution in [0.3, 0.4) is 0 Å². The monoisotopic (exact) mass is 330 g/mol. The Balaban J connectivity index is 1.46. The minimum absolute atomic E-state index is 0.0922. The molecule has 1 aliphatic carbocycles. The van der Waals surface area contributed by atoms with Gasteiger partial charge in [-0.3, -0.25) is 0 Å². The highest BCUT2D eigenvalue weighted by molar-refractivity contribution is 5.74. The van der Waals surface area contributed by atoms with E-state index in [-0.39, 0.29) is 11.9 Å². The van der Waals surface area contributed by atoms with Gasteiger partial charge in [-0.2, -0.15) is 0 Å². The van der Waals surface area contributed by atoms with Crippen LogP contribution in [0.5, 0.6) is 0 Å². The molecule has 4 heteroatoms. The van der Waals surface area contributed by atoms with Crippen molar-refractivity contribution in [3.8, 4) is 0 Å². The van der Waals surface area contributed by atoms with Crippen LogP contribution in [0.15, 0.2) is 30.3 Å². The van der Waals surface area contributed by atoms with Crippen molar-refractivity contribution in [2.24, 2.45) is 5.92 Å². The summed E-state index contributed by atoms with van der Waals surface area (Å²) in [5, 5.41) is 13.8. The number of amides is 2. The minimum atomic E-state index is -0.418. The molecule has 2 aliphatic rings. The van der Waals surface area contributed by atoms with E-state index in [0.29, 0.717) is 6.04 Å². The Labute approximate surface area is 145 Å². The van der Waals surface area contributed by atoms with E-state index in [2.05, 4.69) is 5.32 Å². The average Bonchev–Trinajstić information content (AvgIpc) is 2.90. The molecule has 1 aromatic carbocycles. The van der Waals surface area contributed by atoms with E-state index >= 15 is 0 Å². The molecule has 2 fully saturated rings. The number of aliphatic hydroxyl groups excluding tert-OH is 1. The van der Waals surface area contributed by atoms with Gasteiger partial charge in [-0.1, -0.05) is 56.0 Å². The summed E-state index contributed by atoms with van der Waals surface area (Å²) in [4.78, 5) is 14.4. The second-order valence-electron chi connectivity index (χ2n) is 7.32. The Morgan fingerprint density at radius 2 is 1.62 bits per heavy atom. The Bertz CT molecular complexity index is 504. The van der Waals surface area contributed by atoms with E-state index in [0.717, 1.165) is 44.3 Å². The van der Waals surface area contributed by atoms with Crippen LogP contribution in [-0.4, -0.2) is 35.2 Å². The fraction of sp³-hybridized carbons (Fsp3) is 0.650. The lowest BCUT2D eigenvalue weighted by Crippen LogP contribution is -2.48. The maximum Gasteiger partial charge on any atom is 0.317 e. The van der Waals surface area contributed by atoms with E-state index in [1.54, 1.807) is 0 Å². The van der Waals surface area contributed by atoms with Crippen LogP contribution in [0, 0.1) is 5.92 Å². The van der Waals surface area contributed by atoms with E-state index in [4.69, 9.17) is 0 Å². The van der Waals surface area contributed by atoms with Gasteiger partial charge < -0.3 is 15.3 Å². The fourth-order valence-electron chi connectivity index (χ4n) is 4.03. The maximum absolute atomic E-state index is 12.5. The van der Waals surface area contributed by atoms with Gasteiger partial charge in [-0.05, 0) is 37.2 Å². The highest BCUT2D eigenvalue weighted by atomic mass is 16.3. The molecule has 3 rings (SSSR count). The number of nitrogens with one attached hydrogen (secondary N) is 1. The number of hydrogen-bond acceptors (Lipinski definition) is 2. The molecule has 1 atom stereocenters. The van der Waals surface area contributed by atoms with Gasteiger partial charge in [0, 0.05) is 19.1 Å². The van der Waals surface area contributed by atoms with E-state index in [1.165, 1.54) is 25.7 Å². The SMILES string of the molecule is O=C(NC1CCCCCC1)N1CCC(C(O)c2ccccc2)CC1. The topological polar surface area (TPSA) is 52.6 Å². The Kier molecular flexibility index (Phi) is 6.13. The number of carbonyl (C=O) groups is 1. The second-order valence-corrected chi connectivity index (χ2v) is 7.32.